The van der Waals surface area contributed by atoms with Gasteiger partial charge in [-0.2, -0.15) is 4.98 Å². The van der Waals surface area contributed by atoms with Crippen LogP contribution in [0.15, 0.2) is 0 Å². The van der Waals surface area contributed by atoms with E-state index in [1.165, 1.54) is 11.3 Å². The van der Waals surface area contributed by atoms with Crippen LogP contribution in [0.5, 0.6) is 5.88 Å². The van der Waals surface area contributed by atoms with Gasteiger partial charge in [0.05, 0.1) is 22.9 Å². The number of rotatable bonds is 8. The number of hydrogen-bond acceptors (Lipinski definition) is 7. The summed E-state index contributed by atoms with van der Waals surface area (Å²) < 4.78 is 10.5. The van der Waals surface area contributed by atoms with Crippen molar-refractivity contribution in [3.8, 4) is 5.88 Å². The summed E-state index contributed by atoms with van der Waals surface area (Å²) in [6, 6.07) is 0. The zero-order valence-corrected chi connectivity index (χ0v) is 17.5. The second-order valence-electron chi connectivity index (χ2n) is 5.96. The first-order valence-electron chi connectivity index (χ1n) is 8.30. The molecule has 0 atom stereocenters. The normalized spacial score (nSPS) is 11.3. The van der Waals surface area contributed by atoms with Gasteiger partial charge in [0, 0.05) is 13.7 Å². The molecule has 0 spiro atoms. The maximum Gasteiger partial charge on any atom is 0.262 e. The summed E-state index contributed by atoms with van der Waals surface area (Å²) >= 11 is 1.33. The molecule has 0 aliphatic carbocycles. The lowest BCUT2D eigenvalue weighted by Crippen LogP contribution is -2.52. The van der Waals surface area contributed by atoms with Crippen molar-refractivity contribution < 1.29 is 14.3 Å². The maximum atomic E-state index is 12.9. The summed E-state index contributed by atoms with van der Waals surface area (Å²) in [7, 11) is 3.14. The fraction of sp³-hybridized carbons (Fsp3) is 0.588. The highest BCUT2D eigenvalue weighted by Gasteiger charge is 2.29. The van der Waals surface area contributed by atoms with E-state index in [1.54, 1.807) is 14.2 Å². The van der Waals surface area contributed by atoms with Gasteiger partial charge in [0.15, 0.2) is 5.82 Å². The zero-order chi connectivity index (χ0) is 18.6. The molecule has 3 N–H and O–H groups in total. The Kier molecular flexibility index (Phi) is 8.20. The lowest BCUT2D eigenvalue weighted by molar-refractivity contribution is 0.0899. The molecular weight excluding hydrogens is 376 g/mol. The van der Waals surface area contributed by atoms with Gasteiger partial charge in [0.25, 0.3) is 5.91 Å². The average Bonchev–Trinajstić information content (AvgIpc) is 2.96. The number of carbonyl (C=O) groups is 1. The number of aromatic nitrogens is 2. The molecule has 2 heterocycles. The third kappa shape index (κ3) is 4.25. The van der Waals surface area contributed by atoms with Crippen LogP contribution in [0, 0.1) is 6.92 Å². The summed E-state index contributed by atoms with van der Waals surface area (Å²) in [5.74, 6) is 0.851. The molecule has 0 aliphatic heterocycles. The average molecular weight is 403 g/mol. The molecule has 0 unspecified atom stereocenters. The van der Waals surface area contributed by atoms with Crippen molar-refractivity contribution in [2.75, 3.05) is 20.8 Å². The number of amides is 1. The number of fused-ring (bicyclic) bond motifs is 1. The zero-order valence-electron chi connectivity index (χ0n) is 15.8. The van der Waals surface area contributed by atoms with E-state index in [2.05, 4.69) is 15.3 Å². The molecule has 2 aromatic heterocycles. The van der Waals surface area contributed by atoms with Crippen LogP contribution in [0.25, 0.3) is 10.2 Å². The molecule has 2 aromatic rings. The highest BCUT2D eigenvalue weighted by molar-refractivity contribution is 7.20. The SMILES string of the molecule is CCC(CC)(CN)NC(=O)c1sc2nc(COC)nc(OC)c2c1C.Cl. The van der Waals surface area contributed by atoms with Gasteiger partial charge in [-0.25, -0.2) is 4.98 Å². The number of nitrogens with one attached hydrogen (secondary N) is 1. The van der Waals surface area contributed by atoms with Gasteiger partial charge >= 0.3 is 0 Å². The Balaban J connectivity index is 0.00000338. The standard InChI is InChI=1S/C17H26N4O3S.ClH/c1-6-17(7-2,9-18)21-14(22)13-10(3)12-15(24-5)19-11(8-23-4)20-16(12)25-13;/h6-9,18H2,1-5H3,(H,21,22);1H. The maximum absolute atomic E-state index is 12.9. The van der Waals surface area contributed by atoms with Crippen molar-refractivity contribution in [2.24, 2.45) is 5.73 Å². The Labute approximate surface area is 164 Å². The van der Waals surface area contributed by atoms with Crippen LogP contribution >= 0.6 is 23.7 Å². The van der Waals surface area contributed by atoms with E-state index >= 15 is 0 Å². The van der Waals surface area contributed by atoms with E-state index in [-0.39, 0.29) is 24.9 Å². The minimum absolute atomic E-state index is 0. The predicted octanol–water partition coefficient (Wildman–Crippen LogP) is 2.82. The fourth-order valence-electron chi connectivity index (χ4n) is 2.77. The second kappa shape index (κ2) is 9.45. The Morgan fingerprint density at radius 2 is 1.92 bits per heavy atom. The largest absolute Gasteiger partial charge is 0.480 e. The van der Waals surface area contributed by atoms with E-state index in [4.69, 9.17) is 15.2 Å². The van der Waals surface area contributed by atoms with E-state index in [1.807, 2.05) is 20.8 Å². The van der Waals surface area contributed by atoms with Crippen molar-refractivity contribution in [2.45, 2.75) is 45.8 Å². The second-order valence-corrected chi connectivity index (χ2v) is 6.96. The Hall–Kier alpha value is -1.48. The molecule has 1 amide bonds. The van der Waals surface area contributed by atoms with E-state index in [0.717, 1.165) is 23.8 Å². The van der Waals surface area contributed by atoms with E-state index < -0.39 is 5.54 Å². The summed E-state index contributed by atoms with van der Waals surface area (Å²) in [6.45, 7) is 6.63. The smallest absolute Gasteiger partial charge is 0.262 e. The molecular formula is C17H27ClN4O3S. The lowest BCUT2D eigenvalue weighted by Gasteiger charge is -2.31. The van der Waals surface area contributed by atoms with E-state index in [9.17, 15) is 4.79 Å². The summed E-state index contributed by atoms with van der Waals surface area (Å²) in [5.41, 5.74) is 6.32. The minimum atomic E-state index is -0.392. The molecule has 9 heteroatoms. The molecule has 0 bridgehead atoms. The lowest BCUT2D eigenvalue weighted by atomic mass is 9.93. The van der Waals surface area contributed by atoms with Crippen LogP contribution in [0.4, 0.5) is 0 Å². The summed E-state index contributed by atoms with van der Waals surface area (Å²) in [6.07, 6.45) is 1.55. The highest BCUT2D eigenvalue weighted by Crippen LogP contribution is 2.35. The third-order valence-electron chi connectivity index (χ3n) is 4.60. The first-order chi connectivity index (χ1) is 11.9. The van der Waals surface area contributed by atoms with Crippen molar-refractivity contribution in [1.82, 2.24) is 15.3 Å². The van der Waals surface area contributed by atoms with E-state index in [0.29, 0.717) is 28.0 Å². The first kappa shape index (κ1) is 22.6. The van der Waals surface area contributed by atoms with Gasteiger partial charge in [-0.3, -0.25) is 4.79 Å². The van der Waals surface area contributed by atoms with Crippen LogP contribution in [0.3, 0.4) is 0 Å². The molecule has 0 aromatic carbocycles. The van der Waals surface area contributed by atoms with Crippen LogP contribution in [-0.4, -0.2) is 42.2 Å². The Bertz CT molecular complexity index is 754. The van der Waals surface area contributed by atoms with Gasteiger partial charge in [-0.1, -0.05) is 13.8 Å². The van der Waals surface area contributed by atoms with Crippen molar-refractivity contribution in [3.63, 3.8) is 0 Å². The van der Waals surface area contributed by atoms with Crippen LogP contribution in [0.1, 0.15) is 47.7 Å². The Morgan fingerprint density at radius 1 is 1.27 bits per heavy atom. The van der Waals surface area contributed by atoms with Crippen molar-refractivity contribution in [1.29, 1.82) is 0 Å². The third-order valence-corrected chi connectivity index (χ3v) is 5.78. The monoisotopic (exact) mass is 402 g/mol. The number of carbonyl (C=O) groups excluding carboxylic acids is 1. The predicted molar refractivity (Wildman–Crippen MR) is 106 cm³/mol. The van der Waals surface area contributed by atoms with Gasteiger partial charge in [-0.15, -0.1) is 23.7 Å². The number of thiophene rings is 1. The minimum Gasteiger partial charge on any atom is -0.480 e. The summed E-state index contributed by atoms with van der Waals surface area (Å²) in [5, 5.41) is 3.88. The first-order valence-corrected chi connectivity index (χ1v) is 9.12. The van der Waals surface area contributed by atoms with Crippen LogP contribution < -0.4 is 15.8 Å². The highest BCUT2D eigenvalue weighted by atomic mass is 35.5. The topological polar surface area (TPSA) is 99.4 Å². The molecule has 7 nitrogen and oxygen atoms in total. The molecule has 0 radical (unpaired) electrons. The molecule has 0 saturated heterocycles. The molecule has 0 fully saturated rings. The number of hydrogen-bond donors (Lipinski definition) is 2. The van der Waals surface area contributed by atoms with Crippen LogP contribution in [0.2, 0.25) is 0 Å². The number of ether oxygens (including phenoxy) is 2. The van der Waals surface area contributed by atoms with Gasteiger partial charge < -0.3 is 20.5 Å². The number of methoxy groups -OCH3 is 2. The number of nitrogens with two attached hydrogens (primary N) is 1. The Morgan fingerprint density at radius 3 is 2.42 bits per heavy atom. The number of aryl methyl sites for hydroxylation is 1. The van der Waals surface area contributed by atoms with Gasteiger partial charge in [0.2, 0.25) is 5.88 Å². The number of nitrogens with zero attached hydrogens (tertiary/aromatic N) is 2. The van der Waals surface area contributed by atoms with Crippen LogP contribution in [-0.2, 0) is 11.3 Å². The summed E-state index contributed by atoms with van der Waals surface area (Å²) in [4.78, 5) is 23.0. The molecule has 0 saturated carbocycles. The molecule has 26 heavy (non-hydrogen) atoms. The number of halogens is 1. The van der Waals surface area contributed by atoms with Gasteiger partial charge in [0.1, 0.15) is 11.4 Å². The molecule has 2 rings (SSSR count). The van der Waals surface area contributed by atoms with Gasteiger partial charge in [-0.05, 0) is 25.3 Å². The quantitative estimate of drug-likeness (QED) is 0.704. The van der Waals surface area contributed by atoms with Crippen molar-refractivity contribution >= 4 is 39.9 Å². The fourth-order valence-corrected chi connectivity index (χ4v) is 3.85. The molecule has 146 valence electrons. The molecule has 0 aliphatic rings. The van der Waals surface area contributed by atoms with Crippen molar-refractivity contribution in [3.05, 3.63) is 16.3 Å².